The lowest BCUT2D eigenvalue weighted by Gasteiger charge is -2.27. The van der Waals surface area contributed by atoms with Crippen LogP contribution in [0.2, 0.25) is 0 Å². The fourth-order valence-electron chi connectivity index (χ4n) is 2.54. The number of nitrogens with one attached hydrogen (secondary N) is 1. The molecule has 8 nitrogen and oxygen atoms in total. The minimum atomic E-state index is -0.451. The van der Waals surface area contributed by atoms with Crippen LogP contribution in [0.3, 0.4) is 0 Å². The molecule has 2 aliphatic rings. The molecule has 0 bridgehead atoms. The second kappa shape index (κ2) is 6.04. The first-order valence-corrected chi connectivity index (χ1v) is 7.09. The Hall–Kier alpha value is -2.95. The third kappa shape index (κ3) is 2.73. The summed E-state index contributed by atoms with van der Waals surface area (Å²) in [5.74, 6) is 0.429. The average Bonchev–Trinajstić information content (AvgIpc) is 3.01. The third-order valence-corrected chi connectivity index (χ3v) is 3.69. The molecule has 0 aromatic heterocycles. The van der Waals surface area contributed by atoms with E-state index in [1.165, 1.54) is 0 Å². The summed E-state index contributed by atoms with van der Waals surface area (Å²) < 4.78 is 16.3. The summed E-state index contributed by atoms with van der Waals surface area (Å²) in [5.41, 5.74) is 1.21. The van der Waals surface area contributed by atoms with Crippen LogP contribution in [-0.4, -0.2) is 50.3 Å². The van der Waals surface area contributed by atoms with Gasteiger partial charge in [0.25, 0.3) is 11.8 Å². The number of nitrogens with zero attached hydrogens (tertiary/aromatic N) is 2. The van der Waals surface area contributed by atoms with Gasteiger partial charge in [0.05, 0.1) is 11.6 Å². The van der Waals surface area contributed by atoms with Crippen molar-refractivity contribution < 1.29 is 23.8 Å². The molecule has 120 valence electrons. The Labute approximate surface area is 132 Å². The van der Waals surface area contributed by atoms with Crippen LogP contribution in [-0.2, 0) is 11.2 Å². The van der Waals surface area contributed by atoms with E-state index in [2.05, 4.69) is 5.32 Å². The maximum atomic E-state index is 12.5. The first-order valence-electron chi connectivity index (χ1n) is 7.09. The molecule has 2 heterocycles. The van der Waals surface area contributed by atoms with E-state index in [4.69, 9.17) is 19.5 Å². The van der Waals surface area contributed by atoms with Gasteiger partial charge in [-0.15, -0.1) is 0 Å². The second-order valence-electron chi connectivity index (χ2n) is 5.17. The van der Waals surface area contributed by atoms with E-state index >= 15 is 0 Å². The Bertz CT molecular complexity index is 710. The summed E-state index contributed by atoms with van der Waals surface area (Å²) in [6.45, 7) is 0.228. The first kappa shape index (κ1) is 15.0. The molecule has 2 aliphatic heterocycles. The van der Waals surface area contributed by atoms with Gasteiger partial charge in [-0.25, -0.2) is 0 Å². The molecule has 1 aromatic rings. The molecule has 0 unspecified atom stereocenters. The van der Waals surface area contributed by atoms with E-state index in [1.54, 1.807) is 18.0 Å². The summed E-state index contributed by atoms with van der Waals surface area (Å²) in [6, 6.07) is 3.59. The predicted molar refractivity (Wildman–Crippen MR) is 77.3 cm³/mol. The van der Waals surface area contributed by atoms with Crippen molar-refractivity contribution in [3.05, 3.63) is 17.2 Å². The van der Waals surface area contributed by atoms with Crippen LogP contribution in [0.5, 0.6) is 17.2 Å². The molecule has 8 heteroatoms. The number of benzene rings is 1. The van der Waals surface area contributed by atoms with Crippen LogP contribution < -0.4 is 19.5 Å². The smallest absolute Gasteiger partial charge is 0.258 e. The van der Waals surface area contributed by atoms with E-state index < -0.39 is 5.91 Å². The van der Waals surface area contributed by atoms with E-state index in [0.29, 0.717) is 30.0 Å². The third-order valence-electron chi connectivity index (χ3n) is 3.69. The number of hydrogen-bond donors (Lipinski definition) is 1. The molecule has 0 radical (unpaired) electrons. The topological polar surface area (TPSA) is 101 Å². The van der Waals surface area contributed by atoms with Gasteiger partial charge in [-0.3, -0.25) is 9.59 Å². The van der Waals surface area contributed by atoms with Gasteiger partial charge >= 0.3 is 0 Å². The second-order valence-corrected chi connectivity index (χ2v) is 5.17. The molecule has 2 amide bonds. The average molecular weight is 317 g/mol. The Balaban J connectivity index is 1.92. The Morgan fingerprint density at radius 2 is 2.35 bits per heavy atom. The Kier molecular flexibility index (Phi) is 3.93. The first-order chi connectivity index (χ1) is 11.1. The summed E-state index contributed by atoms with van der Waals surface area (Å²) in [4.78, 5) is 25.7. The largest absolute Gasteiger partial charge is 0.479 e. The summed E-state index contributed by atoms with van der Waals surface area (Å²) in [6.07, 6.45) is 0.672. The molecular formula is C15H15N3O5. The molecule has 0 atom stereocenters. The lowest BCUT2D eigenvalue weighted by atomic mass is 9.97. The summed E-state index contributed by atoms with van der Waals surface area (Å²) in [7, 11) is 1.71. The number of nitriles is 1. The van der Waals surface area contributed by atoms with Crippen LogP contribution in [0.15, 0.2) is 6.07 Å². The highest BCUT2D eigenvalue weighted by Crippen LogP contribution is 2.46. The summed E-state index contributed by atoms with van der Waals surface area (Å²) >= 11 is 0. The maximum absolute atomic E-state index is 12.5. The molecule has 0 saturated carbocycles. The van der Waals surface area contributed by atoms with Crippen molar-refractivity contribution >= 4 is 11.8 Å². The maximum Gasteiger partial charge on any atom is 0.258 e. The van der Waals surface area contributed by atoms with Crippen LogP contribution >= 0.6 is 0 Å². The van der Waals surface area contributed by atoms with E-state index in [-0.39, 0.29) is 31.6 Å². The van der Waals surface area contributed by atoms with Crippen molar-refractivity contribution in [2.75, 3.05) is 33.5 Å². The van der Waals surface area contributed by atoms with E-state index in [1.807, 2.05) is 6.07 Å². The molecule has 0 aliphatic carbocycles. The van der Waals surface area contributed by atoms with Gasteiger partial charge in [-0.05, 0) is 18.1 Å². The molecular weight excluding hydrogens is 302 g/mol. The number of carbonyl (C=O) groups is 2. The van der Waals surface area contributed by atoms with Gasteiger partial charge in [0, 0.05) is 13.6 Å². The number of likely N-dealkylation sites (N-methyl/N-ethyl adjacent to an activating group) is 1. The number of fused-ring (bicyclic) bond motifs is 2. The van der Waals surface area contributed by atoms with Gasteiger partial charge in [-0.1, -0.05) is 0 Å². The SMILES string of the molecule is CN1CCc2cc3c(c(OCC(=O)NCC#N)c2C1=O)OCO3. The van der Waals surface area contributed by atoms with Crippen molar-refractivity contribution in [2.24, 2.45) is 0 Å². The van der Waals surface area contributed by atoms with Crippen molar-refractivity contribution in [1.82, 2.24) is 10.2 Å². The van der Waals surface area contributed by atoms with Gasteiger partial charge in [0.15, 0.2) is 18.1 Å². The number of ether oxygens (including phenoxy) is 3. The van der Waals surface area contributed by atoms with Crippen molar-refractivity contribution in [3.8, 4) is 23.3 Å². The van der Waals surface area contributed by atoms with E-state index in [0.717, 1.165) is 5.56 Å². The lowest BCUT2D eigenvalue weighted by Crippen LogP contribution is -2.35. The minimum absolute atomic E-state index is 0.0409. The number of hydrogen-bond acceptors (Lipinski definition) is 6. The van der Waals surface area contributed by atoms with Crippen molar-refractivity contribution in [2.45, 2.75) is 6.42 Å². The number of rotatable bonds is 4. The predicted octanol–water partition coefficient (Wildman–Crippen LogP) is 0.0620. The van der Waals surface area contributed by atoms with Crippen LogP contribution in [0.1, 0.15) is 15.9 Å². The van der Waals surface area contributed by atoms with Crippen LogP contribution in [0, 0.1) is 11.3 Å². The number of carbonyl (C=O) groups excluding carboxylic acids is 2. The molecule has 0 spiro atoms. The van der Waals surface area contributed by atoms with Gasteiger partial charge < -0.3 is 24.4 Å². The molecule has 23 heavy (non-hydrogen) atoms. The zero-order valence-electron chi connectivity index (χ0n) is 12.5. The zero-order valence-corrected chi connectivity index (χ0v) is 12.5. The van der Waals surface area contributed by atoms with Crippen LogP contribution in [0.25, 0.3) is 0 Å². The molecule has 0 saturated heterocycles. The Morgan fingerprint density at radius 1 is 1.52 bits per heavy atom. The standard InChI is InChI=1S/C15H15N3O5/c1-18-5-2-9-6-10-13(23-8-22-10)14(12(9)15(18)20)21-7-11(19)17-4-3-16/h6H,2,4-5,7-8H2,1H3,(H,17,19). The monoisotopic (exact) mass is 317 g/mol. The van der Waals surface area contributed by atoms with Crippen molar-refractivity contribution in [3.63, 3.8) is 0 Å². The zero-order chi connectivity index (χ0) is 16.4. The number of amides is 2. The molecule has 1 N–H and O–H groups in total. The fraction of sp³-hybridized carbons (Fsp3) is 0.400. The molecule has 1 aromatic carbocycles. The van der Waals surface area contributed by atoms with Crippen molar-refractivity contribution in [1.29, 1.82) is 5.26 Å². The van der Waals surface area contributed by atoms with Crippen LogP contribution in [0.4, 0.5) is 0 Å². The van der Waals surface area contributed by atoms with Gasteiger partial charge in [0.1, 0.15) is 6.54 Å². The van der Waals surface area contributed by atoms with Gasteiger partial charge in [-0.2, -0.15) is 5.26 Å². The van der Waals surface area contributed by atoms with Gasteiger partial charge in [0.2, 0.25) is 12.5 Å². The lowest BCUT2D eigenvalue weighted by molar-refractivity contribution is -0.122. The quantitative estimate of drug-likeness (QED) is 0.788. The molecule has 0 fully saturated rings. The van der Waals surface area contributed by atoms with E-state index in [9.17, 15) is 9.59 Å². The highest BCUT2D eigenvalue weighted by Gasteiger charge is 2.33. The molecule has 3 rings (SSSR count). The fourth-order valence-corrected chi connectivity index (χ4v) is 2.54. The normalized spacial score (nSPS) is 15.0. The Morgan fingerprint density at radius 3 is 3.13 bits per heavy atom. The highest BCUT2D eigenvalue weighted by molar-refractivity contribution is 6.01. The highest BCUT2D eigenvalue weighted by atomic mass is 16.7. The summed E-state index contributed by atoms with van der Waals surface area (Å²) in [5, 5.41) is 10.8. The minimum Gasteiger partial charge on any atom is -0.479 e.